The van der Waals surface area contributed by atoms with Gasteiger partial charge in [0.25, 0.3) is 0 Å². The number of amides is 1. The van der Waals surface area contributed by atoms with Crippen molar-refractivity contribution >= 4 is 5.91 Å². The fraction of sp³-hybridized carbons (Fsp3) is 0.533. The third kappa shape index (κ3) is 3.58. The fourth-order valence-corrected chi connectivity index (χ4v) is 2.23. The minimum Gasteiger partial charge on any atom is -0.493 e. The van der Waals surface area contributed by atoms with E-state index >= 15 is 0 Å². The van der Waals surface area contributed by atoms with E-state index in [0.29, 0.717) is 43.5 Å². The average molecular weight is 292 g/mol. The van der Waals surface area contributed by atoms with Crippen LogP contribution in [0.3, 0.4) is 0 Å². The number of carbonyl (C=O) groups excluding carboxylic acids is 1. The van der Waals surface area contributed by atoms with Gasteiger partial charge in [0.2, 0.25) is 12.7 Å². The molecule has 0 spiro atoms. The van der Waals surface area contributed by atoms with E-state index in [1.165, 1.54) is 0 Å². The van der Waals surface area contributed by atoms with Crippen molar-refractivity contribution < 1.29 is 19.0 Å². The SMILES string of the molecule is NCCc1cc2c(cc1OCCC(=O)NC1CC1)OCO2. The van der Waals surface area contributed by atoms with Crippen molar-refractivity contribution in [3.63, 3.8) is 0 Å². The molecule has 6 nitrogen and oxygen atoms in total. The second-order valence-corrected chi connectivity index (χ2v) is 5.29. The zero-order valence-electron chi connectivity index (χ0n) is 11.9. The number of hydrogen-bond donors (Lipinski definition) is 2. The summed E-state index contributed by atoms with van der Waals surface area (Å²) in [4.78, 5) is 11.6. The van der Waals surface area contributed by atoms with Gasteiger partial charge < -0.3 is 25.3 Å². The number of rotatable bonds is 7. The van der Waals surface area contributed by atoms with Crippen LogP contribution in [0.15, 0.2) is 12.1 Å². The van der Waals surface area contributed by atoms with E-state index < -0.39 is 0 Å². The van der Waals surface area contributed by atoms with E-state index in [4.69, 9.17) is 19.9 Å². The summed E-state index contributed by atoms with van der Waals surface area (Å²) in [5.41, 5.74) is 6.60. The Morgan fingerprint density at radius 2 is 2.10 bits per heavy atom. The van der Waals surface area contributed by atoms with Gasteiger partial charge in [-0.25, -0.2) is 0 Å². The molecule has 1 aliphatic carbocycles. The molecule has 1 aromatic rings. The third-order valence-electron chi connectivity index (χ3n) is 3.50. The number of nitrogens with two attached hydrogens (primary N) is 1. The second-order valence-electron chi connectivity index (χ2n) is 5.29. The van der Waals surface area contributed by atoms with Crippen LogP contribution in [0, 0.1) is 0 Å². The maximum Gasteiger partial charge on any atom is 0.231 e. The Morgan fingerprint density at radius 1 is 1.33 bits per heavy atom. The summed E-state index contributed by atoms with van der Waals surface area (Å²) in [5.74, 6) is 2.15. The van der Waals surface area contributed by atoms with E-state index in [2.05, 4.69) is 5.32 Å². The van der Waals surface area contributed by atoms with Crippen LogP contribution in [0.1, 0.15) is 24.8 Å². The van der Waals surface area contributed by atoms with Crippen LogP contribution >= 0.6 is 0 Å². The van der Waals surface area contributed by atoms with Gasteiger partial charge in [0.1, 0.15) is 5.75 Å². The molecule has 21 heavy (non-hydrogen) atoms. The lowest BCUT2D eigenvalue weighted by Crippen LogP contribution is -2.26. The highest BCUT2D eigenvalue weighted by molar-refractivity contribution is 5.76. The summed E-state index contributed by atoms with van der Waals surface area (Å²) in [6, 6.07) is 4.09. The van der Waals surface area contributed by atoms with Crippen LogP contribution in [0.5, 0.6) is 17.2 Å². The Labute approximate surface area is 123 Å². The molecule has 1 fully saturated rings. The second kappa shape index (κ2) is 6.22. The van der Waals surface area contributed by atoms with Gasteiger partial charge in [-0.3, -0.25) is 4.79 Å². The van der Waals surface area contributed by atoms with E-state index in [0.717, 1.165) is 24.2 Å². The molecule has 6 heteroatoms. The standard InChI is InChI=1S/C15H20N2O4/c16-5-3-10-7-13-14(21-9-20-13)8-12(10)19-6-4-15(18)17-11-1-2-11/h7-8,11H,1-6,9,16H2,(H,17,18). The van der Waals surface area contributed by atoms with Crippen LogP contribution < -0.4 is 25.3 Å². The number of fused-ring (bicyclic) bond motifs is 1. The molecular weight excluding hydrogens is 272 g/mol. The highest BCUT2D eigenvalue weighted by atomic mass is 16.7. The normalized spacial score (nSPS) is 15.9. The molecule has 1 amide bonds. The molecule has 0 saturated heterocycles. The largest absolute Gasteiger partial charge is 0.493 e. The highest BCUT2D eigenvalue weighted by Gasteiger charge is 2.23. The van der Waals surface area contributed by atoms with Gasteiger partial charge in [-0.05, 0) is 37.4 Å². The molecule has 0 aromatic heterocycles. The first kappa shape index (κ1) is 14.0. The van der Waals surface area contributed by atoms with Crippen molar-refractivity contribution in [3.05, 3.63) is 17.7 Å². The first-order chi connectivity index (χ1) is 10.3. The molecule has 0 radical (unpaired) electrons. The molecule has 114 valence electrons. The molecular formula is C15H20N2O4. The van der Waals surface area contributed by atoms with Gasteiger partial charge in [-0.1, -0.05) is 0 Å². The molecule has 0 atom stereocenters. The average Bonchev–Trinajstić information content (AvgIpc) is 3.15. The van der Waals surface area contributed by atoms with Gasteiger partial charge in [-0.15, -0.1) is 0 Å². The minimum atomic E-state index is 0.0404. The zero-order chi connectivity index (χ0) is 14.7. The topological polar surface area (TPSA) is 82.8 Å². The van der Waals surface area contributed by atoms with Gasteiger partial charge >= 0.3 is 0 Å². The van der Waals surface area contributed by atoms with Gasteiger partial charge in [0.05, 0.1) is 13.0 Å². The summed E-state index contributed by atoms with van der Waals surface area (Å²) in [6.45, 7) is 1.10. The van der Waals surface area contributed by atoms with Gasteiger partial charge in [0, 0.05) is 12.1 Å². The first-order valence-electron chi connectivity index (χ1n) is 7.31. The summed E-state index contributed by atoms with van der Waals surface area (Å²) >= 11 is 0. The predicted octanol–water partition coefficient (Wildman–Crippen LogP) is 0.964. The molecule has 3 rings (SSSR count). The lowest BCUT2D eigenvalue weighted by molar-refractivity contribution is -0.121. The number of benzene rings is 1. The Morgan fingerprint density at radius 3 is 2.81 bits per heavy atom. The summed E-state index contributed by atoms with van der Waals surface area (Å²) in [6.07, 6.45) is 3.23. The van der Waals surface area contributed by atoms with E-state index in [9.17, 15) is 4.79 Å². The van der Waals surface area contributed by atoms with Crippen LogP contribution in [-0.2, 0) is 11.2 Å². The Hall–Kier alpha value is -1.95. The summed E-state index contributed by atoms with van der Waals surface area (Å²) < 4.78 is 16.4. The molecule has 0 unspecified atom stereocenters. The minimum absolute atomic E-state index is 0.0404. The predicted molar refractivity (Wildman–Crippen MR) is 76.6 cm³/mol. The molecule has 3 N–H and O–H groups in total. The van der Waals surface area contributed by atoms with Crippen LogP contribution in [0.4, 0.5) is 0 Å². The molecule has 1 saturated carbocycles. The number of ether oxygens (including phenoxy) is 3. The van der Waals surface area contributed by atoms with Crippen LogP contribution in [-0.4, -0.2) is 31.9 Å². The Balaban J connectivity index is 1.59. The molecule has 1 aliphatic heterocycles. The van der Waals surface area contributed by atoms with Crippen LogP contribution in [0.2, 0.25) is 0 Å². The lowest BCUT2D eigenvalue weighted by Gasteiger charge is -2.12. The van der Waals surface area contributed by atoms with E-state index in [1.54, 1.807) is 0 Å². The monoisotopic (exact) mass is 292 g/mol. The summed E-state index contributed by atoms with van der Waals surface area (Å²) in [7, 11) is 0. The number of carbonyl (C=O) groups is 1. The quantitative estimate of drug-likeness (QED) is 0.782. The first-order valence-corrected chi connectivity index (χ1v) is 7.31. The van der Waals surface area contributed by atoms with Gasteiger partial charge in [-0.2, -0.15) is 0 Å². The molecule has 2 aliphatic rings. The van der Waals surface area contributed by atoms with E-state index in [1.807, 2.05) is 12.1 Å². The fourth-order valence-electron chi connectivity index (χ4n) is 2.23. The zero-order valence-corrected chi connectivity index (χ0v) is 11.9. The maximum atomic E-state index is 11.6. The summed E-state index contributed by atoms with van der Waals surface area (Å²) in [5, 5.41) is 2.94. The molecule has 1 aromatic carbocycles. The van der Waals surface area contributed by atoms with Crippen molar-refractivity contribution in [1.29, 1.82) is 0 Å². The highest BCUT2D eigenvalue weighted by Crippen LogP contribution is 2.38. The van der Waals surface area contributed by atoms with Crippen LogP contribution in [0.25, 0.3) is 0 Å². The van der Waals surface area contributed by atoms with Crippen molar-refractivity contribution in [2.24, 2.45) is 5.73 Å². The van der Waals surface area contributed by atoms with Crippen molar-refractivity contribution in [3.8, 4) is 17.2 Å². The Kier molecular flexibility index (Phi) is 4.15. The van der Waals surface area contributed by atoms with Crippen molar-refractivity contribution in [2.75, 3.05) is 19.9 Å². The van der Waals surface area contributed by atoms with Gasteiger partial charge in [0.15, 0.2) is 11.5 Å². The molecule has 1 heterocycles. The number of hydrogen-bond acceptors (Lipinski definition) is 5. The number of nitrogens with one attached hydrogen (secondary N) is 1. The Bertz CT molecular complexity index is 529. The lowest BCUT2D eigenvalue weighted by atomic mass is 10.1. The maximum absolute atomic E-state index is 11.6. The molecule has 0 bridgehead atoms. The third-order valence-corrected chi connectivity index (χ3v) is 3.50. The van der Waals surface area contributed by atoms with E-state index in [-0.39, 0.29) is 12.7 Å². The van der Waals surface area contributed by atoms with Crippen molar-refractivity contribution in [2.45, 2.75) is 31.7 Å². The van der Waals surface area contributed by atoms with Crippen molar-refractivity contribution in [1.82, 2.24) is 5.32 Å². The smallest absolute Gasteiger partial charge is 0.231 e.